The number of rotatable bonds is 7. The van der Waals surface area contributed by atoms with Crippen molar-refractivity contribution >= 4 is 11.7 Å². The van der Waals surface area contributed by atoms with E-state index in [1.807, 2.05) is 25.1 Å². The van der Waals surface area contributed by atoms with Crippen LogP contribution in [0, 0.1) is 12.8 Å². The summed E-state index contributed by atoms with van der Waals surface area (Å²) in [4.78, 5) is 23.4. The van der Waals surface area contributed by atoms with E-state index in [4.69, 9.17) is 0 Å². The van der Waals surface area contributed by atoms with Gasteiger partial charge in [-0.15, -0.1) is 0 Å². The SMILES string of the molecule is Cc1nc(C(=O)NCC(C)C)cc(N(Cc2ccccc2)C(C)C)n1. The normalized spacial score (nSPS) is 11.0. The van der Waals surface area contributed by atoms with Gasteiger partial charge in [0, 0.05) is 25.2 Å². The number of aryl methyl sites for hydroxylation is 1. The maximum Gasteiger partial charge on any atom is 0.270 e. The number of hydrogen-bond donors (Lipinski definition) is 1. The standard InChI is InChI=1S/C20H28N4O/c1-14(2)12-21-20(25)18-11-19(23-16(5)22-18)24(15(3)4)13-17-9-7-6-8-10-17/h6-11,14-15H,12-13H2,1-5H3,(H,21,25). The Hall–Kier alpha value is -2.43. The summed E-state index contributed by atoms with van der Waals surface area (Å²) in [5.74, 6) is 1.63. The second-order valence-electron chi connectivity index (χ2n) is 6.97. The number of nitrogens with zero attached hydrogens (tertiary/aromatic N) is 3. The molecule has 25 heavy (non-hydrogen) atoms. The molecule has 2 rings (SSSR count). The predicted octanol–water partition coefficient (Wildman–Crippen LogP) is 3.59. The van der Waals surface area contributed by atoms with Gasteiger partial charge in [-0.05, 0) is 32.3 Å². The lowest BCUT2D eigenvalue weighted by atomic mass is 10.2. The zero-order valence-corrected chi connectivity index (χ0v) is 15.8. The zero-order chi connectivity index (χ0) is 18.4. The molecule has 134 valence electrons. The maximum atomic E-state index is 12.4. The minimum absolute atomic E-state index is 0.149. The van der Waals surface area contributed by atoms with Gasteiger partial charge in [0.2, 0.25) is 0 Å². The molecular weight excluding hydrogens is 312 g/mol. The molecule has 5 heteroatoms. The first-order valence-electron chi connectivity index (χ1n) is 8.81. The molecule has 0 saturated heterocycles. The van der Waals surface area contributed by atoms with E-state index in [0.717, 1.165) is 12.4 Å². The molecule has 0 radical (unpaired) electrons. The summed E-state index contributed by atoms with van der Waals surface area (Å²) < 4.78 is 0. The average Bonchev–Trinajstić information content (AvgIpc) is 2.57. The Bertz CT molecular complexity index is 698. The number of hydrogen-bond acceptors (Lipinski definition) is 4. The molecule has 1 aromatic heterocycles. The Morgan fingerprint density at radius 3 is 2.40 bits per heavy atom. The summed E-state index contributed by atoms with van der Waals surface area (Å²) in [6, 6.07) is 12.3. The van der Waals surface area contributed by atoms with E-state index in [9.17, 15) is 4.79 Å². The maximum absolute atomic E-state index is 12.4. The Labute approximate surface area is 150 Å². The summed E-state index contributed by atoms with van der Waals surface area (Å²) in [6.07, 6.45) is 0. The molecule has 0 fully saturated rings. The van der Waals surface area contributed by atoms with Gasteiger partial charge < -0.3 is 10.2 Å². The summed E-state index contributed by atoms with van der Waals surface area (Å²) in [7, 11) is 0. The van der Waals surface area contributed by atoms with Crippen molar-refractivity contribution < 1.29 is 4.79 Å². The first kappa shape index (κ1) is 18.9. The minimum Gasteiger partial charge on any atom is -0.350 e. The van der Waals surface area contributed by atoms with Crippen molar-refractivity contribution in [3.05, 3.63) is 53.5 Å². The highest BCUT2D eigenvalue weighted by Crippen LogP contribution is 2.19. The van der Waals surface area contributed by atoms with Crippen molar-refractivity contribution in [1.82, 2.24) is 15.3 Å². The van der Waals surface area contributed by atoms with E-state index in [2.05, 4.69) is 60.0 Å². The highest BCUT2D eigenvalue weighted by Gasteiger charge is 2.17. The van der Waals surface area contributed by atoms with Gasteiger partial charge in [-0.1, -0.05) is 44.2 Å². The van der Waals surface area contributed by atoms with Gasteiger partial charge in [0.05, 0.1) is 0 Å². The molecule has 1 N–H and O–H groups in total. The van der Waals surface area contributed by atoms with Gasteiger partial charge in [-0.3, -0.25) is 4.79 Å². The van der Waals surface area contributed by atoms with Gasteiger partial charge in [0.25, 0.3) is 5.91 Å². The Kier molecular flexibility index (Phi) is 6.51. The van der Waals surface area contributed by atoms with Gasteiger partial charge in [0.1, 0.15) is 17.3 Å². The molecule has 5 nitrogen and oxygen atoms in total. The van der Waals surface area contributed by atoms with Crippen LogP contribution in [0.4, 0.5) is 5.82 Å². The zero-order valence-electron chi connectivity index (χ0n) is 15.8. The average molecular weight is 340 g/mol. The summed E-state index contributed by atoms with van der Waals surface area (Å²) in [5.41, 5.74) is 1.63. The van der Waals surface area contributed by atoms with Gasteiger partial charge >= 0.3 is 0 Å². The van der Waals surface area contributed by atoms with Crippen LogP contribution in [0.1, 0.15) is 49.6 Å². The molecule has 1 amide bonds. The lowest BCUT2D eigenvalue weighted by Gasteiger charge is -2.28. The van der Waals surface area contributed by atoms with E-state index in [-0.39, 0.29) is 11.9 Å². The second kappa shape index (κ2) is 8.60. The number of benzene rings is 1. The van der Waals surface area contributed by atoms with Crippen LogP contribution in [0.3, 0.4) is 0 Å². The van der Waals surface area contributed by atoms with Crippen LogP contribution in [-0.4, -0.2) is 28.5 Å². The van der Waals surface area contributed by atoms with Crippen LogP contribution in [0.15, 0.2) is 36.4 Å². The second-order valence-corrected chi connectivity index (χ2v) is 6.97. The first-order valence-corrected chi connectivity index (χ1v) is 8.81. The first-order chi connectivity index (χ1) is 11.9. The van der Waals surface area contributed by atoms with Crippen LogP contribution in [-0.2, 0) is 6.54 Å². The molecule has 0 aliphatic carbocycles. The molecule has 1 heterocycles. The van der Waals surface area contributed by atoms with Crippen molar-refractivity contribution in [1.29, 1.82) is 0 Å². The highest BCUT2D eigenvalue weighted by atomic mass is 16.1. The molecule has 0 bridgehead atoms. The molecule has 0 spiro atoms. The van der Waals surface area contributed by atoms with Gasteiger partial charge in [-0.25, -0.2) is 9.97 Å². The fourth-order valence-electron chi connectivity index (χ4n) is 2.51. The molecule has 1 aromatic carbocycles. The fraction of sp³-hybridized carbons (Fsp3) is 0.450. The van der Waals surface area contributed by atoms with E-state index in [0.29, 0.717) is 24.0 Å². The smallest absolute Gasteiger partial charge is 0.270 e. The lowest BCUT2D eigenvalue weighted by Crippen LogP contribution is -2.32. The largest absolute Gasteiger partial charge is 0.350 e. The number of carbonyl (C=O) groups excluding carboxylic acids is 1. The van der Waals surface area contributed by atoms with Crippen molar-refractivity contribution in [2.24, 2.45) is 5.92 Å². The minimum atomic E-state index is -0.149. The number of anilines is 1. The fourth-order valence-corrected chi connectivity index (χ4v) is 2.51. The van der Waals surface area contributed by atoms with Crippen molar-refractivity contribution in [2.75, 3.05) is 11.4 Å². The molecule has 0 aliphatic heterocycles. The van der Waals surface area contributed by atoms with E-state index < -0.39 is 0 Å². The third-order valence-electron chi connectivity index (χ3n) is 3.84. The van der Waals surface area contributed by atoms with Crippen molar-refractivity contribution in [3.63, 3.8) is 0 Å². The van der Waals surface area contributed by atoms with Crippen molar-refractivity contribution in [2.45, 2.75) is 47.2 Å². The van der Waals surface area contributed by atoms with Crippen molar-refractivity contribution in [3.8, 4) is 0 Å². The van der Waals surface area contributed by atoms with Crippen LogP contribution in [0.2, 0.25) is 0 Å². The molecule has 2 aromatic rings. The molecule has 0 saturated carbocycles. The predicted molar refractivity (Wildman–Crippen MR) is 102 cm³/mol. The highest BCUT2D eigenvalue weighted by molar-refractivity contribution is 5.92. The third-order valence-corrected chi connectivity index (χ3v) is 3.84. The number of aromatic nitrogens is 2. The Morgan fingerprint density at radius 2 is 1.80 bits per heavy atom. The van der Waals surface area contributed by atoms with Crippen LogP contribution in [0.5, 0.6) is 0 Å². The quantitative estimate of drug-likeness (QED) is 0.837. The van der Waals surface area contributed by atoms with Gasteiger partial charge in [-0.2, -0.15) is 0 Å². The summed E-state index contributed by atoms with van der Waals surface area (Å²) >= 11 is 0. The van der Waals surface area contributed by atoms with E-state index in [1.165, 1.54) is 5.56 Å². The lowest BCUT2D eigenvalue weighted by molar-refractivity contribution is 0.0943. The van der Waals surface area contributed by atoms with E-state index in [1.54, 1.807) is 6.07 Å². The van der Waals surface area contributed by atoms with Crippen LogP contribution >= 0.6 is 0 Å². The molecule has 0 unspecified atom stereocenters. The third kappa shape index (κ3) is 5.55. The summed E-state index contributed by atoms with van der Waals surface area (Å²) in [5, 5.41) is 2.92. The Balaban J connectivity index is 2.27. The monoisotopic (exact) mass is 340 g/mol. The summed E-state index contributed by atoms with van der Waals surface area (Å²) in [6.45, 7) is 11.6. The Morgan fingerprint density at radius 1 is 1.12 bits per heavy atom. The number of amides is 1. The van der Waals surface area contributed by atoms with Crippen LogP contribution in [0.25, 0.3) is 0 Å². The van der Waals surface area contributed by atoms with Crippen LogP contribution < -0.4 is 10.2 Å². The number of carbonyl (C=O) groups is 1. The molecular formula is C20H28N4O. The van der Waals surface area contributed by atoms with E-state index >= 15 is 0 Å². The molecule has 0 atom stereocenters. The topological polar surface area (TPSA) is 58.1 Å². The number of nitrogens with one attached hydrogen (secondary N) is 1. The van der Waals surface area contributed by atoms with Gasteiger partial charge in [0.15, 0.2) is 0 Å². The molecule has 0 aliphatic rings.